The Kier molecular flexibility index (Phi) is 6.76. The summed E-state index contributed by atoms with van der Waals surface area (Å²) in [5.74, 6) is 0.322. The normalized spacial score (nSPS) is 10.7. The Morgan fingerprint density at radius 2 is 1.82 bits per heavy atom. The van der Waals surface area contributed by atoms with Gasteiger partial charge < -0.3 is 4.74 Å². The lowest BCUT2D eigenvalue weighted by Gasteiger charge is -2.07. The number of nitrogens with zero attached hydrogens (tertiary/aromatic N) is 2. The third-order valence-corrected chi connectivity index (χ3v) is 6.86. The number of non-ortho nitro benzene ring substituents is 1. The van der Waals surface area contributed by atoms with E-state index in [1.165, 1.54) is 23.5 Å². The first-order valence-electron chi connectivity index (χ1n) is 10.2. The van der Waals surface area contributed by atoms with Gasteiger partial charge in [-0.15, -0.1) is 0 Å². The van der Waals surface area contributed by atoms with E-state index >= 15 is 0 Å². The van der Waals surface area contributed by atoms with Crippen LogP contribution in [0, 0.1) is 24.0 Å². The van der Waals surface area contributed by atoms with Crippen molar-refractivity contribution in [2.45, 2.75) is 13.8 Å². The lowest BCUT2D eigenvalue weighted by molar-refractivity contribution is -0.384. The van der Waals surface area contributed by atoms with Gasteiger partial charge in [-0.3, -0.25) is 20.2 Å². The van der Waals surface area contributed by atoms with Gasteiger partial charge in [0.25, 0.3) is 11.6 Å². The molecule has 0 aliphatic heterocycles. The monoisotopic (exact) mass is 537 g/mol. The van der Waals surface area contributed by atoms with Crippen LogP contribution in [0.25, 0.3) is 21.7 Å². The van der Waals surface area contributed by atoms with E-state index in [1.54, 1.807) is 37.4 Å². The number of ether oxygens (including phenoxy) is 1. The van der Waals surface area contributed by atoms with Gasteiger partial charge in [0.1, 0.15) is 5.75 Å². The molecule has 1 heterocycles. The predicted octanol–water partition coefficient (Wildman–Crippen LogP) is 7.03. The van der Waals surface area contributed by atoms with Gasteiger partial charge in [-0.25, -0.2) is 4.98 Å². The maximum absolute atomic E-state index is 12.9. The molecule has 1 amide bonds. The van der Waals surface area contributed by atoms with Crippen LogP contribution < -0.4 is 10.1 Å². The average Bonchev–Trinajstić information content (AvgIpc) is 3.22. The lowest BCUT2D eigenvalue weighted by atomic mass is 10.0. The van der Waals surface area contributed by atoms with E-state index in [9.17, 15) is 14.9 Å². The molecule has 7 nitrogen and oxygen atoms in total. The average molecular weight is 538 g/mol. The zero-order chi connectivity index (χ0) is 24.4. The van der Waals surface area contributed by atoms with E-state index < -0.39 is 4.92 Å². The number of nitro benzene ring substituents is 1. The summed E-state index contributed by atoms with van der Waals surface area (Å²) >= 11 is 4.76. The summed E-state index contributed by atoms with van der Waals surface area (Å²) in [6.07, 6.45) is 0. The number of aromatic nitrogens is 1. The van der Waals surface area contributed by atoms with Crippen molar-refractivity contribution in [2.75, 3.05) is 12.4 Å². The molecule has 4 aromatic rings. The molecule has 0 unspecified atom stereocenters. The van der Waals surface area contributed by atoms with Gasteiger partial charge in [-0.2, -0.15) is 0 Å². The standard InChI is InChI=1S/C25H20BrN3O4S/c1-14-4-10-19(15(2)12-14)23-22(16-5-8-18(9-6-16)29(31)32)27-25(34-23)28-24(30)17-7-11-21(33-3)20(26)13-17/h4-13H,1-3H3,(H,27,28,30). The number of hydrogen-bond acceptors (Lipinski definition) is 6. The number of rotatable bonds is 6. The third-order valence-electron chi connectivity index (χ3n) is 5.24. The number of hydrogen-bond donors (Lipinski definition) is 1. The molecule has 0 fully saturated rings. The van der Waals surface area contributed by atoms with Crippen molar-refractivity contribution in [3.05, 3.63) is 91.9 Å². The molecule has 1 N–H and O–H groups in total. The molecule has 0 aliphatic carbocycles. The number of carbonyl (C=O) groups is 1. The van der Waals surface area contributed by atoms with Crippen molar-refractivity contribution in [3.8, 4) is 27.4 Å². The molecule has 4 rings (SSSR count). The van der Waals surface area contributed by atoms with Crippen LogP contribution in [-0.4, -0.2) is 22.9 Å². The van der Waals surface area contributed by atoms with Crippen molar-refractivity contribution in [1.82, 2.24) is 4.98 Å². The third kappa shape index (κ3) is 4.85. The fourth-order valence-electron chi connectivity index (χ4n) is 3.54. The van der Waals surface area contributed by atoms with Crippen LogP contribution in [0.3, 0.4) is 0 Å². The van der Waals surface area contributed by atoms with E-state index in [1.807, 2.05) is 26.0 Å². The second kappa shape index (κ2) is 9.74. The molecule has 0 spiro atoms. The Morgan fingerprint density at radius 1 is 1.09 bits per heavy atom. The fourth-order valence-corrected chi connectivity index (χ4v) is 5.15. The number of anilines is 1. The van der Waals surface area contributed by atoms with Crippen molar-refractivity contribution < 1.29 is 14.5 Å². The van der Waals surface area contributed by atoms with Gasteiger partial charge in [0.2, 0.25) is 0 Å². The Balaban J connectivity index is 1.75. The number of benzene rings is 3. The molecule has 0 radical (unpaired) electrons. The molecule has 9 heteroatoms. The Hall–Kier alpha value is -3.56. The first-order chi connectivity index (χ1) is 16.3. The smallest absolute Gasteiger partial charge is 0.269 e. The summed E-state index contributed by atoms with van der Waals surface area (Å²) in [5, 5.41) is 14.4. The highest BCUT2D eigenvalue weighted by Gasteiger charge is 2.19. The van der Waals surface area contributed by atoms with E-state index in [2.05, 4.69) is 27.3 Å². The number of methoxy groups -OCH3 is 1. The topological polar surface area (TPSA) is 94.4 Å². The molecule has 0 bridgehead atoms. The zero-order valence-electron chi connectivity index (χ0n) is 18.6. The number of nitrogens with one attached hydrogen (secondary N) is 1. The Labute approximate surface area is 208 Å². The van der Waals surface area contributed by atoms with E-state index in [4.69, 9.17) is 9.72 Å². The van der Waals surface area contributed by atoms with Crippen LogP contribution in [-0.2, 0) is 0 Å². The highest BCUT2D eigenvalue weighted by atomic mass is 79.9. The van der Waals surface area contributed by atoms with Gasteiger partial charge >= 0.3 is 0 Å². The molecule has 3 aromatic carbocycles. The van der Waals surface area contributed by atoms with E-state index in [0.717, 1.165) is 27.1 Å². The first-order valence-corrected chi connectivity index (χ1v) is 11.9. The van der Waals surface area contributed by atoms with Crippen molar-refractivity contribution in [2.24, 2.45) is 0 Å². The molecular weight excluding hydrogens is 518 g/mol. The van der Waals surface area contributed by atoms with Crippen LogP contribution >= 0.6 is 27.3 Å². The minimum Gasteiger partial charge on any atom is -0.496 e. The minimum atomic E-state index is -0.436. The molecule has 172 valence electrons. The van der Waals surface area contributed by atoms with Crippen molar-refractivity contribution >= 4 is 44.0 Å². The second-order valence-electron chi connectivity index (χ2n) is 7.62. The molecule has 0 aliphatic rings. The van der Waals surface area contributed by atoms with Crippen LogP contribution in [0.15, 0.2) is 65.1 Å². The maximum atomic E-state index is 12.9. The minimum absolute atomic E-state index is 0.00524. The second-order valence-corrected chi connectivity index (χ2v) is 9.48. The van der Waals surface area contributed by atoms with Crippen molar-refractivity contribution in [3.63, 3.8) is 0 Å². The Morgan fingerprint density at radius 3 is 2.44 bits per heavy atom. The van der Waals surface area contributed by atoms with Crippen LogP contribution in [0.1, 0.15) is 21.5 Å². The Bertz CT molecular complexity index is 1400. The van der Waals surface area contributed by atoms with Gasteiger partial charge in [0.05, 0.1) is 27.1 Å². The highest BCUT2D eigenvalue weighted by Crippen LogP contribution is 2.41. The van der Waals surface area contributed by atoms with Crippen LogP contribution in [0.5, 0.6) is 5.75 Å². The molecule has 0 atom stereocenters. The number of nitro groups is 1. The maximum Gasteiger partial charge on any atom is 0.269 e. The fraction of sp³-hybridized carbons (Fsp3) is 0.120. The van der Waals surface area contributed by atoms with Gasteiger partial charge in [0.15, 0.2) is 5.13 Å². The van der Waals surface area contributed by atoms with E-state index in [0.29, 0.717) is 26.6 Å². The summed E-state index contributed by atoms with van der Waals surface area (Å²) in [7, 11) is 1.56. The molecule has 34 heavy (non-hydrogen) atoms. The zero-order valence-corrected chi connectivity index (χ0v) is 21.0. The predicted molar refractivity (Wildman–Crippen MR) is 138 cm³/mol. The highest BCUT2D eigenvalue weighted by molar-refractivity contribution is 9.10. The lowest BCUT2D eigenvalue weighted by Crippen LogP contribution is -2.11. The van der Waals surface area contributed by atoms with Crippen LogP contribution in [0.4, 0.5) is 10.8 Å². The summed E-state index contributed by atoms with van der Waals surface area (Å²) in [4.78, 5) is 29.1. The molecule has 1 aromatic heterocycles. The SMILES string of the molecule is COc1ccc(C(=O)Nc2nc(-c3ccc([N+](=O)[O-])cc3)c(-c3ccc(C)cc3C)s2)cc1Br. The largest absolute Gasteiger partial charge is 0.496 e. The molecule has 0 saturated heterocycles. The molecule has 0 saturated carbocycles. The summed E-state index contributed by atoms with van der Waals surface area (Å²) in [5.41, 5.74) is 5.04. The van der Waals surface area contributed by atoms with Crippen molar-refractivity contribution in [1.29, 1.82) is 0 Å². The number of carbonyl (C=O) groups excluding carboxylic acids is 1. The van der Waals surface area contributed by atoms with Gasteiger partial charge in [-0.1, -0.05) is 35.1 Å². The van der Waals surface area contributed by atoms with E-state index in [-0.39, 0.29) is 11.6 Å². The summed E-state index contributed by atoms with van der Waals surface area (Å²) in [6, 6.07) is 17.5. The molecular formula is C25H20BrN3O4S. The van der Waals surface area contributed by atoms with Gasteiger partial charge in [-0.05, 0) is 71.2 Å². The number of halogens is 1. The van der Waals surface area contributed by atoms with Gasteiger partial charge in [0, 0.05) is 23.3 Å². The summed E-state index contributed by atoms with van der Waals surface area (Å²) < 4.78 is 5.90. The quantitative estimate of drug-likeness (QED) is 0.210. The summed E-state index contributed by atoms with van der Waals surface area (Å²) in [6.45, 7) is 4.05. The number of aryl methyl sites for hydroxylation is 2. The number of thiazole rings is 1. The van der Waals surface area contributed by atoms with Crippen LogP contribution in [0.2, 0.25) is 0 Å². The number of amides is 1. The first kappa shape index (κ1) is 23.6.